The Kier molecular flexibility index (Phi) is 2.78. The van der Waals surface area contributed by atoms with Crippen LogP contribution in [0.1, 0.15) is 0 Å². The average Bonchev–Trinajstić information content (AvgIpc) is 1.95. The van der Waals surface area contributed by atoms with Gasteiger partial charge in [-0.2, -0.15) is 0 Å². The van der Waals surface area contributed by atoms with Crippen LogP contribution in [0.15, 0.2) is 0 Å². The third kappa shape index (κ3) is 5.46. The van der Waals surface area contributed by atoms with Crippen LogP contribution in [0.4, 0.5) is 0 Å². The Balaban J connectivity index is 5.06. The van der Waals surface area contributed by atoms with Gasteiger partial charge in [-0.25, -0.2) is 0 Å². The number of rotatable bonds is 4. The quantitative estimate of drug-likeness (QED) is 0.563. The summed E-state index contributed by atoms with van der Waals surface area (Å²) in [6.07, 6.45) is 0. The van der Waals surface area contributed by atoms with E-state index < -0.39 is 34.2 Å². The van der Waals surface area contributed by atoms with Crippen LogP contribution < -0.4 is 5.73 Å². The van der Waals surface area contributed by atoms with Crippen molar-refractivity contribution in [1.29, 1.82) is 0 Å². The van der Waals surface area contributed by atoms with Gasteiger partial charge in [0.25, 0.3) is 0 Å². The number of hydrogen-bond donors (Lipinski definition) is 1. The van der Waals surface area contributed by atoms with Crippen molar-refractivity contribution in [2.24, 2.45) is 5.73 Å². The second-order valence-corrected chi connectivity index (χ2v) is 14.6. The summed E-state index contributed by atoms with van der Waals surface area (Å²) in [5.74, 6) is -2.08. The Morgan fingerprint density at radius 2 is 1.31 bits per heavy atom. The van der Waals surface area contributed by atoms with Crippen molar-refractivity contribution in [2.45, 2.75) is 23.4 Å². The summed E-state index contributed by atoms with van der Waals surface area (Å²) < 4.78 is 16.6. The molecule has 0 radical (unpaired) electrons. The molecular weight excluding hydrogens is 265 g/mol. The van der Waals surface area contributed by atoms with Gasteiger partial charge in [-0.05, 0) is 0 Å². The van der Waals surface area contributed by atoms with Crippen LogP contribution >= 0.6 is 0 Å². The van der Waals surface area contributed by atoms with Crippen LogP contribution in [-0.4, -0.2) is 23.4 Å². The fourth-order valence-corrected chi connectivity index (χ4v) is 1.46. The zero-order valence-electron chi connectivity index (χ0n) is 9.36. The average molecular weight is 279 g/mol. The molecule has 0 bridgehead atoms. The SMILES string of the molecule is [CH3][Co]([CH3])([CH3])([CH3])(=[O])[O]C(=O)C(=O)C(=O)C(N)=O. The van der Waals surface area contributed by atoms with E-state index in [1.165, 1.54) is 0 Å². The first-order valence-electron chi connectivity index (χ1n) is 3.66. The van der Waals surface area contributed by atoms with E-state index in [9.17, 15) is 23.0 Å². The van der Waals surface area contributed by atoms with E-state index in [2.05, 4.69) is 9.58 Å². The number of carbonyl (C=O) groups is 4. The van der Waals surface area contributed by atoms with Crippen LogP contribution in [-0.2, 0) is 37.7 Å². The molecule has 96 valence electrons. The van der Waals surface area contributed by atoms with Gasteiger partial charge < -0.3 is 0 Å². The van der Waals surface area contributed by atoms with Gasteiger partial charge in [0.15, 0.2) is 0 Å². The first kappa shape index (κ1) is 14.6. The van der Waals surface area contributed by atoms with Crippen LogP contribution in [0.2, 0.25) is 23.4 Å². The van der Waals surface area contributed by atoms with Crippen molar-refractivity contribution < 1.29 is 37.7 Å². The second-order valence-electron chi connectivity index (χ2n) is 4.52. The molecule has 0 saturated carbocycles. The molecule has 8 heteroatoms. The number of hydrogen-bond acceptors (Lipinski definition) is 6. The Morgan fingerprint density at radius 1 is 0.938 bits per heavy atom. The molecular formula is C8H14CoNO6. The van der Waals surface area contributed by atoms with E-state index in [0.29, 0.717) is 0 Å². The standard InChI is InChI=1S/C4H3NO5.4CH3.Co.O/c5-3(8)1(6)2(7)4(9)10;;;;;;/h(H2,5,8)(H,9,10);4*1H3;;/q;;;;;+1;/p-1. The predicted molar refractivity (Wildman–Crippen MR) is 49.4 cm³/mol. The number of nitrogens with two attached hydrogens (primary N) is 1. The molecule has 0 aliphatic carbocycles. The molecule has 0 spiro atoms. The van der Waals surface area contributed by atoms with Crippen molar-refractivity contribution in [2.75, 3.05) is 0 Å². The molecule has 0 aliphatic rings. The van der Waals surface area contributed by atoms with Crippen molar-refractivity contribution in [3.05, 3.63) is 0 Å². The maximum atomic E-state index is 12.1. The van der Waals surface area contributed by atoms with Gasteiger partial charge in [0.2, 0.25) is 0 Å². The van der Waals surface area contributed by atoms with Crippen molar-refractivity contribution in [3.63, 3.8) is 0 Å². The molecule has 0 rings (SSSR count). The molecule has 16 heavy (non-hydrogen) atoms. The van der Waals surface area contributed by atoms with Crippen molar-refractivity contribution in [3.8, 4) is 0 Å². The molecule has 0 saturated heterocycles. The van der Waals surface area contributed by atoms with E-state index in [0.717, 1.165) is 23.4 Å². The van der Waals surface area contributed by atoms with Gasteiger partial charge in [-0.1, -0.05) is 0 Å². The Bertz CT molecular complexity index is 467. The molecule has 0 unspecified atom stereocenters. The van der Waals surface area contributed by atoms with E-state index >= 15 is 0 Å². The Labute approximate surface area is 90.8 Å². The molecule has 1 amide bonds. The van der Waals surface area contributed by atoms with Crippen LogP contribution in [0, 0.1) is 0 Å². The molecule has 0 aromatic carbocycles. The zero-order chi connectivity index (χ0) is 13.4. The number of primary amides is 1. The summed E-state index contributed by atoms with van der Waals surface area (Å²) in [4.78, 5) is 43.3. The number of carbonyl (C=O) groups excluding carboxylic acids is 4. The van der Waals surface area contributed by atoms with Crippen LogP contribution in [0.5, 0.6) is 0 Å². The second kappa shape index (κ2) is 3.05. The minimum absolute atomic E-state index is 1.14. The number of Topliss-reactive ketones (excluding diaryl/α,β-unsaturated/α-hetero) is 2. The number of amides is 1. The molecule has 0 atom stereocenters. The van der Waals surface area contributed by atoms with E-state index in [-0.39, 0.29) is 0 Å². The van der Waals surface area contributed by atoms with Gasteiger partial charge in [0, 0.05) is 0 Å². The summed E-state index contributed by atoms with van der Waals surface area (Å²) in [6.45, 7) is 0. The van der Waals surface area contributed by atoms with E-state index in [1.807, 2.05) is 0 Å². The molecule has 0 aromatic heterocycles. The molecule has 0 fully saturated rings. The first-order valence-corrected chi connectivity index (χ1v) is 8.68. The minimum atomic E-state index is -4.59. The summed E-state index contributed by atoms with van der Waals surface area (Å²) in [5.41, 5.74) is 4.52. The third-order valence-electron chi connectivity index (χ3n) is 0.977. The predicted octanol–water partition coefficient (Wildman–Crippen LogP) is -0.169. The normalized spacial score (nSPS) is 15.5. The summed E-state index contributed by atoms with van der Waals surface area (Å²) in [5, 5.41) is 0. The zero-order valence-corrected chi connectivity index (χ0v) is 10.4. The fourth-order valence-electron chi connectivity index (χ4n) is 0.508. The summed E-state index contributed by atoms with van der Waals surface area (Å²) in [7, 11) is -4.59. The third-order valence-corrected chi connectivity index (χ3v) is 2.11. The topological polar surface area (TPSA) is 121 Å². The van der Waals surface area contributed by atoms with Crippen LogP contribution in [0.25, 0.3) is 0 Å². The molecule has 0 aliphatic heterocycles. The monoisotopic (exact) mass is 279 g/mol. The van der Waals surface area contributed by atoms with Gasteiger partial charge >= 0.3 is 90.3 Å². The van der Waals surface area contributed by atoms with Crippen molar-refractivity contribution in [1.82, 2.24) is 0 Å². The Morgan fingerprint density at radius 3 is 1.56 bits per heavy atom. The molecule has 0 aromatic rings. The summed E-state index contributed by atoms with van der Waals surface area (Å²) >= 11 is 0. The number of ketones is 2. The van der Waals surface area contributed by atoms with Crippen molar-refractivity contribution >= 4 is 23.4 Å². The molecule has 0 heterocycles. The van der Waals surface area contributed by atoms with E-state index in [1.54, 1.807) is 0 Å². The van der Waals surface area contributed by atoms with Gasteiger partial charge in [-0.3, -0.25) is 0 Å². The van der Waals surface area contributed by atoms with E-state index in [4.69, 9.17) is 0 Å². The van der Waals surface area contributed by atoms with Gasteiger partial charge in [0.05, 0.1) is 0 Å². The van der Waals surface area contributed by atoms with Gasteiger partial charge in [0.1, 0.15) is 0 Å². The maximum absolute atomic E-state index is 12.1. The molecule has 2 N–H and O–H groups in total. The fraction of sp³-hybridized carbons (Fsp3) is 0.500. The summed E-state index contributed by atoms with van der Waals surface area (Å²) in [6, 6.07) is 0. The van der Waals surface area contributed by atoms with Crippen LogP contribution in [0.3, 0.4) is 0 Å². The van der Waals surface area contributed by atoms with Gasteiger partial charge in [-0.15, -0.1) is 0 Å². The Hall–Kier alpha value is -1.41. The first-order chi connectivity index (χ1) is 6.62. The molecule has 7 nitrogen and oxygen atoms in total.